The average molecular weight is 996 g/mol. The molecule has 0 atom stereocenters. The maximum Gasteiger partial charge on any atom is 0.264 e. The monoisotopic (exact) mass is 996 g/mol. The van der Waals surface area contributed by atoms with Gasteiger partial charge in [0.25, 0.3) is 6.71 Å². The first-order chi connectivity index (χ1) is 36.9. The highest BCUT2D eigenvalue weighted by Gasteiger charge is 2.52. The molecule has 1 aromatic heterocycles. The number of thiophene rings is 1. The Balaban J connectivity index is 1.17. The van der Waals surface area contributed by atoms with Crippen molar-refractivity contribution in [1.82, 2.24) is 0 Å². The second-order valence-electron chi connectivity index (χ2n) is 29.1. The van der Waals surface area contributed by atoms with E-state index in [-0.39, 0.29) is 85.8 Å². The summed E-state index contributed by atoms with van der Waals surface area (Å²) < 4.78 is 49.0. The topological polar surface area (TPSA) is 6.48 Å². The van der Waals surface area contributed by atoms with Gasteiger partial charge in [0.05, 0.1) is 12.5 Å². The Labute approximate surface area is 455 Å². The smallest absolute Gasteiger partial charge is 0.264 e. The molecule has 3 heterocycles. The predicted molar refractivity (Wildman–Crippen MR) is 320 cm³/mol. The molecule has 2 bridgehead atoms. The second kappa shape index (κ2) is 14.9. The molecule has 8 aliphatic rings. The van der Waals surface area contributed by atoms with Crippen LogP contribution in [0.25, 0.3) is 21.2 Å². The van der Waals surface area contributed by atoms with Gasteiger partial charge in [-0.25, -0.2) is 0 Å². The Morgan fingerprint density at radius 3 is 1.39 bits per heavy atom. The summed E-state index contributed by atoms with van der Waals surface area (Å²) in [5.74, 6) is 0. The zero-order chi connectivity index (χ0) is 56.0. The largest absolute Gasteiger partial charge is 0.311 e. The maximum atomic E-state index is 9.66. The van der Waals surface area contributed by atoms with Crippen molar-refractivity contribution in [2.75, 3.05) is 9.80 Å². The van der Waals surface area contributed by atoms with Crippen LogP contribution in [0.4, 0.5) is 34.1 Å². The van der Waals surface area contributed by atoms with Crippen LogP contribution in [0.2, 0.25) is 0 Å². The first-order valence-electron chi connectivity index (χ1n) is 30.8. The number of anilines is 6. The third-order valence-electron chi connectivity index (χ3n) is 21.5. The Hall–Kier alpha value is -5.06. The molecule has 74 heavy (non-hydrogen) atoms. The van der Waals surface area contributed by atoms with Gasteiger partial charge in [0.15, 0.2) is 0 Å². The van der Waals surface area contributed by atoms with Crippen LogP contribution in [0.5, 0.6) is 0 Å². The van der Waals surface area contributed by atoms with Crippen molar-refractivity contribution < 1.29 is 6.85 Å². The number of rotatable bonds is 3. The van der Waals surface area contributed by atoms with Crippen LogP contribution in [-0.2, 0) is 43.3 Å². The molecule has 378 valence electrons. The lowest BCUT2D eigenvalue weighted by Gasteiger charge is -2.52. The summed E-state index contributed by atoms with van der Waals surface area (Å²) in [7, 11) is 0. The fraction of sp³-hybridized carbons (Fsp3) is 0.457. The third kappa shape index (κ3) is 6.48. The summed E-state index contributed by atoms with van der Waals surface area (Å²) in [6, 6.07) is 28.1. The SMILES string of the molecule is [2H]c1c([2H])c([2H])c(-c2cc3c4c(c2)N(c2ccc5c(c2)C(C)(C)CCC5(C)C)c2c(sc5cc6c(cc25)C2(C)CCC6(C)CC2)B4c2cc4c(cc2N3c2ccc3c(c2)C(C)(C)CCC3(C)C)C(C)(C)CCC4(C)C)c([2H])c1[2H]. The fourth-order valence-corrected chi connectivity index (χ4v) is 17.3. The van der Waals surface area contributed by atoms with E-state index in [4.69, 9.17) is 4.11 Å². The van der Waals surface area contributed by atoms with Crippen LogP contribution in [0.1, 0.15) is 213 Å². The zero-order valence-corrected chi connectivity index (χ0v) is 47.7. The van der Waals surface area contributed by atoms with Crippen LogP contribution in [0, 0.1) is 0 Å². The van der Waals surface area contributed by atoms with E-state index in [1.807, 2.05) is 11.3 Å². The molecule has 4 heteroatoms. The van der Waals surface area contributed by atoms with Gasteiger partial charge in [-0.2, -0.15) is 0 Å². The summed E-state index contributed by atoms with van der Waals surface area (Å²) in [6.07, 6.45) is 11.4. The molecule has 0 radical (unpaired) electrons. The Morgan fingerprint density at radius 1 is 0.419 bits per heavy atom. The minimum Gasteiger partial charge on any atom is -0.311 e. The molecule has 0 unspecified atom stereocenters. The highest BCUT2D eigenvalue weighted by Crippen LogP contribution is 2.60. The molecule has 1 fully saturated rings. The maximum absolute atomic E-state index is 9.66. The van der Waals surface area contributed by atoms with Crippen molar-refractivity contribution in [2.45, 2.75) is 204 Å². The highest BCUT2D eigenvalue weighted by molar-refractivity contribution is 7.33. The molecule has 6 aliphatic carbocycles. The van der Waals surface area contributed by atoms with Gasteiger partial charge in [0.1, 0.15) is 0 Å². The van der Waals surface area contributed by atoms with Gasteiger partial charge in [0, 0.05) is 43.3 Å². The summed E-state index contributed by atoms with van der Waals surface area (Å²) in [5.41, 5.74) is 21.5. The minimum absolute atomic E-state index is 0.0188. The summed E-state index contributed by atoms with van der Waals surface area (Å²) in [5, 5.41) is 1.29. The molecule has 1 saturated carbocycles. The summed E-state index contributed by atoms with van der Waals surface area (Å²) in [6.45, 7) is 34.0. The van der Waals surface area contributed by atoms with Crippen molar-refractivity contribution in [3.05, 3.63) is 148 Å². The van der Waals surface area contributed by atoms with Gasteiger partial charge >= 0.3 is 0 Å². The lowest BCUT2D eigenvalue weighted by Crippen LogP contribution is -2.61. The Kier molecular flexibility index (Phi) is 8.48. The molecule has 0 saturated heterocycles. The number of benzene rings is 6. The normalized spacial score (nSPS) is 26.2. The number of hydrogen-bond acceptors (Lipinski definition) is 3. The van der Waals surface area contributed by atoms with E-state index in [9.17, 15) is 2.74 Å². The molecule has 0 N–H and O–H groups in total. The van der Waals surface area contributed by atoms with Gasteiger partial charge in [-0.1, -0.05) is 145 Å². The lowest BCUT2D eigenvalue weighted by molar-refractivity contribution is 0.188. The fourth-order valence-electron chi connectivity index (χ4n) is 16.0. The number of fused-ring (bicyclic) bond motifs is 11. The van der Waals surface area contributed by atoms with Crippen molar-refractivity contribution in [3.63, 3.8) is 0 Å². The van der Waals surface area contributed by atoms with Crippen molar-refractivity contribution >= 4 is 78.0 Å². The predicted octanol–water partition coefficient (Wildman–Crippen LogP) is 17.8. The van der Waals surface area contributed by atoms with Crippen LogP contribution in [0.15, 0.2) is 103 Å². The molecule has 7 aromatic rings. The van der Waals surface area contributed by atoms with Gasteiger partial charge in [-0.05, 0) is 229 Å². The van der Waals surface area contributed by atoms with E-state index in [1.54, 1.807) is 0 Å². The van der Waals surface area contributed by atoms with Gasteiger partial charge in [-0.15, -0.1) is 11.3 Å². The minimum atomic E-state index is -0.376. The first kappa shape index (κ1) is 42.1. The van der Waals surface area contributed by atoms with E-state index in [1.165, 1.54) is 107 Å². The van der Waals surface area contributed by atoms with Crippen LogP contribution < -0.4 is 25.5 Å². The molecule has 6 aromatic carbocycles. The first-order valence-corrected chi connectivity index (χ1v) is 29.2. The summed E-state index contributed by atoms with van der Waals surface area (Å²) >= 11 is 2.00. The molecule has 15 rings (SSSR count). The highest BCUT2D eigenvalue weighted by atomic mass is 32.1. The molecule has 0 spiro atoms. The number of hydrogen-bond donors (Lipinski definition) is 0. The Bertz CT molecular complexity index is 3850. The van der Waals surface area contributed by atoms with Gasteiger partial charge in [0.2, 0.25) is 0 Å². The van der Waals surface area contributed by atoms with Crippen molar-refractivity contribution in [3.8, 4) is 11.1 Å². The molecule has 2 aliphatic heterocycles. The third-order valence-corrected chi connectivity index (χ3v) is 22.7. The van der Waals surface area contributed by atoms with Crippen molar-refractivity contribution in [1.29, 1.82) is 0 Å². The molecular formula is C70H79BN2S. The average Bonchev–Trinajstić information content (AvgIpc) is 3.01. The zero-order valence-electron chi connectivity index (χ0n) is 51.9. The second-order valence-corrected chi connectivity index (χ2v) is 30.2. The van der Waals surface area contributed by atoms with E-state index in [0.717, 1.165) is 61.3 Å². The Morgan fingerprint density at radius 2 is 0.865 bits per heavy atom. The lowest BCUT2D eigenvalue weighted by atomic mass is 9.35. The van der Waals surface area contributed by atoms with E-state index >= 15 is 0 Å². The van der Waals surface area contributed by atoms with Crippen LogP contribution in [-0.4, -0.2) is 6.71 Å². The summed E-state index contributed by atoms with van der Waals surface area (Å²) in [4.78, 5) is 5.14. The van der Waals surface area contributed by atoms with E-state index < -0.39 is 0 Å². The molecule has 0 amide bonds. The number of nitrogens with zero attached hydrogens (tertiary/aromatic N) is 2. The van der Waals surface area contributed by atoms with Crippen molar-refractivity contribution in [2.24, 2.45) is 0 Å². The standard InChI is InChI=1S/C70H79BN2S/c1-63(2)24-26-65(5,6)49-36-44(20-22-47(49)63)72-56-40-52-51(67(9,10)28-29-68(52,11)12)39-55(56)71-60-57(72)34-43(42-18-16-15-17-19-42)35-58(60)73(45-21-23-48-50(37-45)66(7,8)27-25-64(48,3)4)61-46-38-53-54(41-59(46)74-62(61)71)70(14)32-30-69(53,13)31-33-70/h15-23,34-41H,24-33H2,1-14H3/i15D,16D,17D,18D,19D. The molecule has 2 nitrogen and oxygen atoms in total. The van der Waals surface area contributed by atoms with E-state index in [0.29, 0.717) is 5.56 Å². The van der Waals surface area contributed by atoms with Gasteiger partial charge < -0.3 is 9.80 Å². The molecular weight excluding hydrogens is 912 g/mol. The van der Waals surface area contributed by atoms with Gasteiger partial charge in [-0.3, -0.25) is 0 Å². The van der Waals surface area contributed by atoms with Crippen LogP contribution in [0.3, 0.4) is 0 Å². The quantitative estimate of drug-likeness (QED) is 0.163. The van der Waals surface area contributed by atoms with E-state index in [2.05, 4.69) is 180 Å². The van der Waals surface area contributed by atoms with Crippen LogP contribution >= 0.6 is 11.3 Å².